The molecular formula is C15H11FO3. The fourth-order valence-corrected chi connectivity index (χ4v) is 1.54. The number of halogens is 1. The van der Waals surface area contributed by atoms with Gasteiger partial charge in [0.2, 0.25) is 0 Å². The quantitative estimate of drug-likeness (QED) is 0.625. The third-order valence-electron chi connectivity index (χ3n) is 2.60. The highest BCUT2D eigenvalue weighted by Gasteiger charge is 2.08. The van der Waals surface area contributed by atoms with Crippen LogP contribution in [-0.2, 0) is 11.3 Å². The topological polar surface area (TPSA) is 43.4 Å². The summed E-state index contributed by atoms with van der Waals surface area (Å²) >= 11 is 0. The van der Waals surface area contributed by atoms with E-state index in [1.807, 2.05) is 0 Å². The number of carbonyl (C=O) groups is 2. The van der Waals surface area contributed by atoms with E-state index >= 15 is 0 Å². The second-order valence-electron chi connectivity index (χ2n) is 3.91. The molecule has 0 saturated heterocycles. The van der Waals surface area contributed by atoms with Crippen molar-refractivity contribution in [1.82, 2.24) is 0 Å². The molecule has 0 heterocycles. The van der Waals surface area contributed by atoms with Gasteiger partial charge in [-0.3, -0.25) is 4.79 Å². The maximum atomic E-state index is 13.3. The van der Waals surface area contributed by atoms with Gasteiger partial charge in [-0.1, -0.05) is 30.3 Å². The van der Waals surface area contributed by atoms with E-state index in [1.165, 1.54) is 30.3 Å². The van der Waals surface area contributed by atoms with Crippen LogP contribution in [0.1, 0.15) is 26.3 Å². The molecule has 0 radical (unpaired) electrons. The lowest BCUT2D eigenvalue weighted by Gasteiger charge is -2.05. The largest absolute Gasteiger partial charge is 0.457 e. The van der Waals surface area contributed by atoms with E-state index in [9.17, 15) is 14.0 Å². The second kappa shape index (κ2) is 5.91. The monoisotopic (exact) mass is 258 g/mol. The number of benzene rings is 2. The zero-order chi connectivity index (χ0) is 13.7. The standard InChI is InChI=1S/C15H11FO3/c16-14-4-2-1-3-13(14)10-19-15(18)12-7-5-11(9-17)6-8-12/h1-9H,10H2. The summed E-state index contributed by atoms with van der Waals surface area (Å²) in [5.74, 6) is -0.965. The number of rotatable bonds is 4. The molecule has 2 aromatic carbocycles. The molecule has 2 aromatic rings. The molecule has 0 atom stereocenters. The molecule has 0 fully saturated rings. The van der Waals surface area contributed by atoms with Crippen LogP contribution in [0, 0.1) is 5.82 Å². The van der Waals surface area contributed by atoms with Gasteiger partial charge in [0.05, 0.1) is 5.56 Å². The molecule has 0 unspecified atom stereocenters. The maximum Gasteiger partial charge on any atom is 0.338 e. The van der Waals surface area contributed by atoms with Crippen LogP contribution >= 0.6 is 0 Å². The van der Waals surface area contributed by atoms with Crippen molar-refractivity contribution in [2.75, 3.05) is 0 Å². The minimum absolute atomic E-state index is 0.124. The molecule has 4 heteroatoms. The first-order valence-electron chi connectivity index (χ1n) is 5.66. The molecule has 96 valence electrons. The Hall–Kier alpha value is -2.49. The Morgan fingerprint density at radius 1 is 1.11 bits per heavy atom. The van der Waals surface area contributed by atoms with Crippen molar-refractivity contribution in [3.8, 4) is 0 Å². The summed E-state index contributed by atoms with van der Waals surface area (Å²) in [6.07, 6.45) is 0.689. The third-order valence-corrected chi connectivity index (χ3v) is 2.60. The summed E-state index contributed by atoms with van der Waals surface area (Å²) in [6.45, 7) is -0.124. The van der Waals surface area contributed by atoms with Crippen LogP contribution in [0.3, 0.4) is 0 Å². The van der Waals surface area contributed by atoms with Crippen molar-refractivity contribution < 1.29 is 18.7 Å². The molecule has 0 aliphatic rings. The van der Waals surface area contributed by atoms with Crippen LogP contribution in [-0.4, -0.2) is 12.3 Å². The normalized spacial score (nSPS) is 9.95. The Kier molecular flexibility index (Phi) is 4.03. The number of carbonyl (C=O) groups excluding carboxylic acids is 2. The van der Waals surface area contributed by atoms with Gasteiger partial charge < -0.3 is 4.74 Å². The highest BCUT2D eigenvalue weighted by Crippen LogP contribution is 2.10. The van der Waals surface area contributed by atoms with Gasteiger partial charge in [0.25, 0.3) is 0 Å². The fraction of sp³-hybridized carbons (Fsp3) is 0.0667. The molecule has 0 spiro atoms. The molecule has 2 rings (SSSR count). The van der Waals surface area contributed by atoms with Crippen molar-refractivity contribution in [3.05, 3.63) is 71.0 Å². The predicted molar refractivity (Wildman–Crippen MR) is 67.3 cm³/mol. The van der Waals surface area contributed by atoms with Gasteiger partial charge in [-0.25, -0.2) is 9.18 Å². The van der Waals surface area contributed by atoms with Gasteiger partial charge in [-0.15, -0.1) is 0 Å². The first kappa shape index (κ1) is 13.0. The number of aldehydes is 1. The molecule has 19 heavy (non-hydrogen) atoms. The minimum atomic E-state index is -0.555. The van der Waals surface area contributed by atoms with Crippen molar-refractivity contribution in [1.29, 1.82) is 0 Å². The first-order valence-corrected chi connectivity index (χ1v) is 5.66. The molecule has 0 aliphatic carbocycles. The number of hydrogen-bond donors (Lipinski definition) is 0. The van der Waals surface area contributed by atoms with E-state index in [1.54, 1.807) is 18.2 Å². The molecule has 0 aliphatic heterocycles. The predicted octanol–water partition coefficient (Wildman–Crippen LogP) is 3.00. The first-order chi connectivity index (χ1) is 9.20. The van der Waals surface area contributed by atoms with E-state index in [2.05, 4.69) is 0 Å². The number of hydrogen-bond acceptors (Lipinski definition) is 3. The molecule has 0 N–H and O–H groups in total. The van der Waals surface area contributed by atoms with Crippen LogP contribution in [0.4, 0.5) is 4.39 Å². The second-order valence-corrected chi connectivity index (χ2v) is 3.91. The molecule has 0 aromatic heterocycles. The molecule has 3 nitrogen and oxygen atoms in total. The van der Waals surface area contributed by atoms with Gasteiger partial charge in [0.1, 0.15) is 18.7 Å². The number of esters is 1. The average Bonchev–Trinajstić information content (AvgIpc) is 2.46. The van der Waals surface area contributed by atoms with Gasteiger partial charge in [-0.05, 0) is 18.2 Å². The van der Waals surface area contributed by atoms with Gasteiger partial charge in [0, 0.05) is 11.1 Å². The summed E-state index contributed by atoms with van der Waals surface area (Å²) < 4.78 is 18.3. The summed E-state index contributed by atoms with van der Waals surface area (Å²) in [6, 6.07) is 12.1. The van der Waals surface area contributed by atoms with Gasteiger partial charge in [0.15, 0.2) is 0 Å². The Bertz CT molecular complexity index is 591. The zero-order valence-electron chi connectivity index (χ0n) is 10.0. The smallest absolute Gasteiger partial charge is 0.338 e. The Balaban J connectivity index is 2.01. The van der Waals surface area contributed by atoms with E-state index < -0.39 is 11.8 Å². The lowest BCUT2D eigenvalue weighted by molar-refractivity contribution is 0.0469. The van der Waals surface area contributed by atoms with Crippen LogP contribution in [0.15, 0.2) is 48.5 Å². The number of ether oxygens (including phenoxy) is 1. The zero-order valence-corrected chi connectivity index (χ0v) is 10.0. The Morgan fingerprint density at radius 2 is 1.79 bits per heavy atom. The molecule has 0 bridgehead atoms. The minimum Gasteiger partial charge on any atom is -0.457 e. The van der Waals surface area contributed by atoms with E-state index in [-0.39, 0.29) is 6.61 Å². The molecular weight excluding hydrogens is 247 g/mol. The Labute approximate surface area is 109 Å². The van der Waals surface area contributed by atoms with E-state index in [0.717, 1.165) is 0 Å². The molecule has 0 saturated carbocycles. The lowest BCUT2D eigenvalue weighted by Crippen LogP contribution is -2.06. The summed E-state index contributed by atoms with van der Waals surface area (Å²) in [5.41, 5.74) is 1.12. The lowest BCUT2D eigenvalue weighted by atomic mass is 10.1. The van der Waals surface area contributed by atoms with E-state index in [0.29, 0.717) is 23.0 Å². The van der Waals surface area contributed by atoms with Crippen LogP contribution in [0.25, 0.3) is 0 Å². The molecule has 0 amide bonds. The van der Waals surface area contributed by atoms with Gasteiger partial charge in [-0.2, -0.15) is 0 Å². The fourth-order valence-electron chi connectivity index (χ4n) is 1.54. The van der Waals surface area contributed by atoms with Crippen molar-refractivity contribution in [2.24, 2.45) is 0 Å². The SMILES string of the molecule is O=Cc1ccc(C(=O)OCc2ccccc2F)cc1. The highest BCUT2D eigenvalue weighted by molar-refractivity contribution is 5.90. The van der Waals surface area contributed by atoms with Crippen LogP contribution in [0.2, 0.25) is 0 Å². The Morgan fingerprint density at radius 3 is 2.42 bits per heavy atom. The summed E-state index contributed by atoms with van der Waals surface area (Å²) in [7, 11) is 0. The summed E-state index contributed by atoms with van der Waals surface area (Å²) in [4.78, 5) is 22.2. The average molecular weight is 258 g/mol. The van der Waals surface area contributed by atoms with Crippen LogP contribution in [0.5, 0.6) is 0 Å². The third kappa shape index (κ3) is 3.25. The van der Waals surface area contributed by atoms with E-state index in [4.69, 9.17) is 4.74 Å². The summed E-state index contributed by atoms with van der Waals surface area (Å²) in [5, 5.41) is 0. The van der Waals surface area contributed by atoms with Crippen molar-refractivity contribution >= 4 is 12.3 Å². The van der Waals surface area contributed by atoms with Crippen molar-refractivity contribution in [2.45, 2.75) is 6.61 Å². The van der Waals surface area contributed by atoms with Crippen LogP contribution < -0.4 is 0 Å². The maximum absolute atomic E-state index is 13.3. The van der Waals surface area contributed by atoms with Crippen molar-refractivity contribution in [3.63, 3.8) is 0 Å². The van der Waals surface area contributed by atoms with Gasteiger partial charge >= 0.3 is 5.97 Å². The highest BCUT2D eigenvalue weighted by atomic mass is 19.1.